The van der Waals surface area contributed by atoms with Crippen molar-refractivity contribution in [3.8, 4) is 11.5 Å². The third kappa shape index (κ3) is 4.31. The highest BCUT2D eigenvalue weighted by Gasteiger charge is 2.38. The molecular formula is C15H19F2NO3. The Kier molecular flexibility index (Phi) is 4.98. The van der Waals surface area contributed by atoms with Crippen molar-refractivity contribution in [1.29, 1.82) is 0 Å². The number of alkyl halides is 2. The molecule has 4 nitrogen and oxygen atoms in total. The van der Waals surface area contributed by atoms with Crippen LogP contribution in [0.5, 0.6) is 11.5 Å². The molecule has 0 aromatic heterocycles. The molecule has 6 heteroatoms. The normalized spacial score (nSPS) is 20.2. The molecule has 0 heterocycles. The molecule has 1 aliphatic carbocycles. The van der Waals surface area contributed by atoms with Crippen molar-refractivity contribution in [3.05, 3.63) is 23.8 Å². The van der Waals surface area contributed by atoms with Crippen LogP contribution in [0.25, 0.3) is 0 Å². The molecule has 1 amide bonds. The van der Waals surface area contributed by atoms with Crippen molar-refractivity contribution >= 4 is 5.91 Å². The van der Waals surface area contributed by atoms with Crippen LogP contribution >= 0.6 is 0 Å². The van der Waals surface area contributed by atoms with Gasteiger partial charge in [0.15, 0.2) is 11.5 Å². The number of rotatable bonds is 7. The summed E-state index contributed by atoms with van der Waals surface area (Å²) >= 11 is 0. The third-order valence-corrected chi connectivity index (χ3v) is 3.60. The fraction of sp³-hybridized carbons (Fsp3) is 0.533. The molecule has 1 fully saturated rings. The van der Waals surface area contributed by atoms with Gasteiger partial charge >= 0.3 is 6.61 Å². The number of ether oxygens (including phenoxy) is 2. The first-order chi connectivity index (χ1) is 10.0. The van der Waals surface area contributed by atoms with Crippen molar-refractivity contribution in [2.75, 3.05) is 13.7 Å². The van der Waals surface area contributed by atoms with Crippen LogP contribution in [0.4, 0.5) is 8.78 Å². The minimum absolute atomic E-state index is 0.00657. The summed E-state index contributed by atoms with van der Waals surface area (Å²) in [6, 6.07) is 4.78. The second-order valence-electron chi connectivity index (χ2n) is 5.22. The first kappa shape index (κ1) is 15.5. The number of methoxy groups -OCH3 is 1. The van der Waals surface area contributed by atoms with Crippen molar-refractivity contribution in [2.24, 2.45) is 11.8 Å². The fourth-order valence-electron chi connectivity index (χ4n) is 2.21. The summed E-state index contributed by atoms with van der Waals surface area (Å²) in [5.74, 6) is 0.992. The molecule has 0 bridgehead atoms. The molecule has 1 saturated carbocycles. The van der Waals surface area contributed by atoms with E-state index in [1.807, 2.05) is 0 Å². The van der Waals surface area contributed by atoms with Crippen molar-refractivity contribution in [3.63, 3.8) is 0 Å². The van der Waals surface area contributed by atoms with E-state index in [1.54, 1.807) is 12.1 Å². The number of carbonyl (C=O) groups is 1. The van der Waals surface area contributed by atoms with Crippen LogP contribution in [0.15, 0.2) is 18.2 Å². The smallest absolute Gasteiger partial charge is 0.387 e. The molecule has 0 saturated heterocycles. The standard InChI is InChI=1S/C15H19F2NO3/c1-9-7-11(9)14(19)18-6-5-10-3-4-12(21-15(16)17)13(8-10)20-2/h3-4,8-9,11,15H,5-7H2,1-2H3,(H,18,19)/t9-,11+/m0/s1. The Morgan fingerprint density at radius 1 is 1.43 bits per heavy atom. The van der Waals surface area contributed by atoms with Gasteiger partial charge in [-0.05, 0) is 36.5 Å². The maximum absolute atomic E-state index is 12.2. The average Bonchev–Trinajstić information content (AvgIpc) is 3.16. The van der Waals surface area contributed by atoms with Gasteiger partial charge in [-0.3, -0.25) is 4.79 Å². The molecular weight excluding hydrogens is 280 g/mol. The molecule has 1 N–H and O–H groups in total. The molecule has 0 aliphatic heterocycles. The number of carbonyl (C=O) groups excluding carboxylic acids is 1. The van der Waals surface area contributed by atoms with Gasteiger partial charge in [-0.25, -0.2) is 0 Å². The van der Waals surface area contributed by atoms with Crippen molar-refractivity contribution in [1.82, 2.24) is 5.32 Å². The lowest BCUT2D eigenvalue weighted by Gasteiger charge is -2.11. The second-order valence-corrected chi connectivity index (χ2v) is 5.22. The molecule has 1 aliphatic rings. The summed E-state index contributed by atoms with van der Waals surface area (Å²) in [4.78, 5) is 11.7. The van der Waals surface area contributed by atoms with E-state index in [4.69, 9.17) is 4.74 Å². The zero-order valence-corrected chi connectivity index (χ0v) is 12.1. The Bertz CT molecular complexity index is 508. The molecule has 1 aromatic carbocycles. The predicted octanol–water partition coefficient (Wildman–Crippen LogP) is 2.61. The maximum Gasteiger partial charge on any atom is 0.387 e. The highest BCUT2D eigenvalue weighted by Crippen LogP contribution is 2.37. The Morgan fingerprint density at radius 2 is 2.14 bits per heavy atom. The van der Waals surface area contributed by atoms with Gasteiger partial charge in [0.25, 0.3) is 0 Å². The Balaban J connectivity index is 1.87. The van der Waals surface area contributed by atoms with Crippen LogP contribution in [0.3, 0.4) is 0 Å². The Morgan fingerprint density at radius 3 is 2.71 bits per heavy atom. The lowest BCUT2D eigenvalue weighted by Crippen LogP contribution is -2.27. The van der Waals surface area contributed by atoms with Crippen LogP contribution in [0.1, 0.15) is 18.9 Å². The largest absolute Gasteiger partial charge is 0.493 e. The van der Waals surface area contributed by atoms with E-state index in [2.05, 4.69) is 17.0 Å². The molecule has 0 unspecified atom stereocenters. The van der Waals surface area contributed by atoms with Crippen LogP contribution in [0.2, 0.25) is 0 Å². The summed E-state index contributed by atoms with van der Waals surface area (Å²) in [6.45, 7) is -0.318. The van der Waals surface area contributed by atoms with Gasteiger partial charge < -0.3 is 14.8 Å². The Hall–Kier alpha value is -1.85. The summed E-state index contributed by atoms with van der Waals surface area (Å²) in [7, 11) is 1.40. The van der Waals surface area contributed by atoms with Crippen LogP contribution in [0, 0.1) is 11.8 Å². The van der Waals surface area contributed by atoms with Crippen molar-refractivity contribution in [2.45, 2.75) is 26.4 Å². The molecule has 116 valence electrons. The number of hydrogen-bond donors (Lipinski definition) is 1. The lowest BCUT2D eigenvalue weighted by molar-refractivity contribution is -0.122. The maximum atomic E-state index is 12.2. The van der Waals surface area contributed by atoms with E-state index in [0.717, 1.165) is 12.0 Å². The molecule has 2 atom stereocenters. The van der Waals surface area contributed by atoms with Gasteiger partial charge in [0.05, 0.1) is 7.11 Å². The van der Waals surface area contributed by atoms with Gasteiger partial charge in [0, 0.05) is 12.5 Å². The van der Waals surface area contributed by atoms with Crippen LogP contribution in [-0.2, 0) is 11.2 Å². The number of hydrogen-bond acceptors (Lipinski definition) is 3. The number of halogens is 2. The van der Waals surface area contributed by atoms with Crippen LogP contribution < -0.4 is 14.8 Å². The zero-order valence-electron chi connectivity index (χ0n) is 12.1. The van der Waals surface area contributed by atoms with Gasteiger partial charge in [-0.2, -0.15) is 8.78 Å². The van der Waals surface area contributed by atoms with E-state index < -0.39 is 6.61 Å². The Labute approximate surface area is 122 Å². The quantitative estimate of drug-likeness (QED) is 0.842. The minimum Gasteiger partial charge on any atom is -0.493 e. The van der Waals surface area contributed by atoms with Gasteiger partial charge in [0.1, 0.15) is 0 Å². The molecule has 0 radical (unpaired) electrons. The first-order valence-corrected chi connectivity index (χ1v) is 6.90. The number of nitrogens with one attached hydrogen (secondary N) is 1. The first-order valence-electron chi connectivity index (χ1n) is 6.90. The van der Waals surface area contributed by atoms with Crippen molar-refractivity contribution < 1.29 is 23.0 Å². The predicted molar refractivity (Wildman–Crippen MR) is 73.6 cm³/mol. The molecule has 21 heavy (non-hydrogen) atoms. The zero-order chi connectivity index (χ0) is 15.4. The van der Waals surface area contributed by atoms with Gasteiger partial charge in [-0.1, -0.05) is 13.0 Å². The van der Waals surface area contributed by atoms with E-state index in [-0.39, 0.29) is 23.3 Å². The molecule has 1 aromatic rings. The SMILES string of the molecule is COc1cc(CCNC(=O)[C@@H]2C[C@@H]2C)ccc1OC(F)F. The van der Waals surface area contributed by atoms with Gasteiger partial charge in [-0.15, -0.1) is 0 Å². The topological polar surface area (TPSA) is 47.6 Å². The third-order valence-electron chi connectivity index (χ3n) is 3.60. The van der Waals surface area contributed by atoms with E-state index in [9.17, 15) is 13.6 Å². The summed E-state index contributed by atoms with van der Waals surface area (Å²) in [5.41, 5.74) is 0.887. The monoisotopic (exact) mass is 299 g/mol. The van der Waals surface area contributed by atoms with E-state index >= 15 is 0 Å². The summed E-state index contributed by atoms with van der Waals surface area (Å²) in [5, 5.41) is 2.88. The summed E-state index contributed by atoms with van der Waals surface area (Å²) in [6.07, 6.45) is 1.57. The molecule has 0 spiro atoms. The fourth-order valence-corrected chi connectivity index (χ4v) is 2.21. The molecule has 2 rings (SSSR count). The number of benzene rings is 1. The lowest BCUT2D eigenvalue weighted by atomic mass is 10.1. The van der Waals surface area contributed by atoms with E-state index in [1.165, 1.54) is 13.2 Å². The highest BCUT2D eigenvalue weighted by atomic mass is 19.3. The van der Waals surface area contributed by atoms with E-state index in [0.29, 0.717) is 18.9 Å². The minimum atomic E-state index is -2.88. The van der Waals surface area contributed by atoms with Crippen LogP contribution in [-0.4, -0.2) is 26.2 Å². The second kappa shape index (κ2) is 6.74. The van der Waals surface area contributed by atoms with Gasteiger partial charge in [0.2, 0.25) is 5.91 Å². The number of amides is 1. The summed E-state index contributed by atoms with van der Waals surface area (Å²) < 4.78 is 33.8. The highest BCUT2D eigenvalue weighted by molar-refractivity contribution is 5.81. The average molecular weight is 299 g/mol.